The number of likely N-dealkylation sites (N-methyl/N-ethyl adjacent to an activating group) is 1. The Labute approximate surface area is 121 Å². The minimum absolute atomic E-state index is 0.173. The van der Waals surface area contributed by atoms with Crippen LogP contribution in [-0.2, 0) is 0 Å². The molecule has 0 aliphatic carbocycles. The van der Waals surface area contributed by atoms with E-state index in [2.05, 4.69) is 19.1 Å². The number of rotatable bonds is 4. The molecule has 0 atom stereocenters. The molecule has 2 aromatic rings. The van der Waals surface area contributed by atoms with Crippen LogP contribution in [0.3, 0.4) is 0 Å². The van der Waals surface area contributed by atoms with Crippen molar-refractivity contribution < 1.29 is 4.79 Å². The predicted octanol–water partition coefficient (Wildman–Crippen LogP) is 3.93. The predicted molar refractivity (Wildman–Crippen MR) is 84.7 cm³/mol. The summed E-state index contributed by atoms with van der Waals surface area (Å²) in [5, 5.41) is 0. The molecule has 0 heterocycles. The Bertz CT molecular complexity index is 594. The first-order valence-electron chi connectivity index (χ1n) is 6.86. The van der Waals surface area contributed by atoms with Crippen molar-refractivity contribution in [3.63, 3.8) is 0 Å². The number of nitrogens with zero attached hydrogens (tertiary/aromatic N) is 1. The van der Waals surface area contributed by atoms with Crippen LogP contribution < -0.4 is 4.90 Å². The van der Waals surface area contributed by atoms with E-state index >= 15 is 0 Å². The Morgan fingerprint density at radius 3 is 2.10 bits per heavy atom. The first-order chi connectivity index (χ1) is 9.49. The zero-order valence-corrected chi connectivity index (χ0v) is 12.6. The fourth-order valence-corrected chi connectivity index (χ4v) is 2.69. The lowest BCUT2D eigenvalue weighted by atomic mass is 9.96. The third-order valence-corrected chi connectivity index (χ3v) is 3.53. The number of aryl methyl sites for hydroxylation is 3. The van der Waals surface area contributed by atoms with E-state index in [4.69, 9.17) is 0 Å². The quantitative estimate of drug-likeness (QED) is 0.782. The summed E-state index contributed by atoms with van der Waals surface area (Å²) >= 11 is 0. The van der Waals surface area contributed by atoms with E-state index in [9.17, 15) is 4.79 Å². The highest BCUT2D eigenvalue weighted by molar-refractivity contribution is 6.01. The van der Waals surface area contributed by atoms with E-state index in [-0.39, 0.29) is 5.78 Å². The molecule has 2 heteroatoms. The molecule has 0 bridgehead atoms. The maximum Gasteiger partial charge on any atom is 0.182 e. The van der Waals surface area contributed by atoms with Crippen LogP contribution in [0, 0.1) is 20.8 Å². The van der Waals surface area contributed by atoms with E-state index in [1.165, 1.54) is 5.56 Å². The van der Waals surface area contributed by atoms with Gasteiger partial charge in [-0.05, 0) is 44.0 Å². The number of anilines is 1. The summed E-state index contributed by atoms with van der Waals surface area (Å²) < 4.78 is 0. The third-order valence-electron chi connectivity index (χ3n) is 3.53. The number of hydrogen-bond acceptors (Lipinski definition) is 2. The standard InChI is InChI=1S/C18H21NO/c1-13-10-14(2)18(15(3)11-13)17(20)12-19(4)16-8-6-5-7-9-16/h5-11H,12H2,1-4H3. The van der Waals surface area contributed by atoms with Gasteiger partial charge in [-0.25, -0.2) is 0 Å². The molecule has 0 aliphatic rings. The Balaban J connectivity index is 2.21. The van der Waals surface area contributed by atoms with E-state index in [0.29, 0.717) is 6.54 Å². The Morgan fingerprint density at radius 1 is 1.00 bits per heavy atom. The molecule has 2 nitrogen and oxygen atoms in total. The molecule has 0 unspecified atom stereocenters. The summed E-state index contributed by atoms with van der Waals surface area (Å²) in [6.45, 7) is 6.48. The Hall–Kier alpha value is -2.09. The Kier molecular flexibility index (Phi) is 4.23. The van der Waals surface area contributed by atoms with E-state index in [1.54, 1.807) is 0 Å². The van der Waals surface area contributed by atoms with Gasteiger partial charge < -0.3 is 4.90 Å². The van der Waals surface area contributed by atoms with E-state index in [1.807, 2.05) is 56.1 Å². The smallest absolute Gasteiger partial charge is 0.182 e. The van der Waals surface area contributed by atoms with Gasteiger partial charge in [0.05, 0.1) is 6.54 Å². The number of Topliss-reactive ketones (excluding diaryl/α,β-unsaturated/α-hetero) is 1. The molecule has 0 amide bonds. The van der Waals surface area contributed by atoms with Gasteiger partial charge >= 0.3 is 0 Å². The third kappa shape index (κ3) is 3.08. The Morgan fingerprint density at radius 2 is 1.55 bits per heavy atom. The van der Waals surface area contributed by atoms with Crippen molar-refractivity contribution in [2.75, 3.05) is 18.5 Å². The monoisotopic (exact) mass is 267 g/mol. The van der Waals surface area contributed by atoms with E-state index in [0.717, 1.165) is 22.4 Å². The number of carbonyl (C=O) groups excluding carboxylic acids is 1. The van der Waals surface area contributed by atoms with Crippen molar-refractivity contribution in [3.05, 3.63) is 64.7 Å². The van der Waals surface area contributed by atoms with Crippen LogP contribution in [0.5, 0.6) is 0 Å². The molecule has 0 N–H and O–H groups in total. The summed E-state index contributed by atoms with van der Waals surface area (Å²) in [4.78, 5) is 14.5. The van der Waals surface area contributed by atoms with Crippen molar-refractivity contribution in [1.82, 2.24) is 0 Å². The second-order valence-electron chi connectivity index (χ2n) is 5.39. The first kappa shape index (κ1) is 14.3. The van der Waals surface area contributed by atoms with Crippen LogP contribution >= 0.6 is 0 Å². The van der Waals surface area contributed by atoms with Gasteiger partial charge in [-0.2, -0.15) is 0 Å². The lowest BCUT2D eigenvalue weighted by Gasteiger charge is -2.19. The first-order valence-corrected chi connectivity index (χ1v) is 6.86. The molecule has 0 saturated heterocycles. The summed E-state index contributed by atoms with van der Waals surface area (Å²) in [5.41, 5.74) is 5.25. The second kappa shape index (κ2) is 5.91. The normalized spacial score (nSPS) is 10.4. The van der Waals surface area contributed by atoms with Gasteiger partial charge in [0.2, 0.25) is 0 Å². The van der Waals surface area contributed by atoms with Crippen molar-refractivity contribution in [2.45, 2.75) is 20.8 Å². The molecule has 0 fully saturated rings. The average Bonchev–Trinajstić information content (AvgIpc) is 2.38. The maximum absolute atomic E-state index is 12.5. The molecule has 0 aliphatic heterocycles. The van der Waals surface area contributed by atoms with Gasteiger partial charge in [-0.1, -0.05) is 35.9 Å². The van der Waals surface area contributed by atoms with Gasteiger partial charge in [-0.3, -0.25) is 4.79 Å². The molecule has 0 radical (unpaired) electrons. The fourth-order valence-electron chi connectivity index (χ4n) is 2.69. The number of ketones is 1. The van der Waals surface area contributed by atoms with Crippen LogP contribution in [0.1, 0.15) is 27.0 Å². The maximum atomic E-state index is 12.5. The van der Waals surface area contributed by atoms with Crippen molar-refractivity contribution in [3.8, 4) is 0 Å². The zero-order chi connectivity index (χ0) is 14.7. The largest absolute Gasteiger partial charge is 0.367 e. The van der Waals surface area contributed by atoms with Gasteiger partial charge in [0.25, 0.3) is 0 Å². The molecule has 104 valence electrons. The van der Waals surface area contributed by atoms with E-state index < -0.39 is 0 Å². The molecule has 20 heavy (non-hydrogen) atoms. The number of benzene rings is 2. The topological polar surface area (TPSA) is 20.3 Å². The van der Waals surface area contributed by atoms with Crippen molar-refractivity contribution in [1.29, 1.82) is 0 Å². The number of hydrogen-bond donors (Lipinski definition) is 0. The van der Waals surface area contributed by atoms with Gasteiger partial charge in [0.1, 0.15) is 0 Å². The summed E-state index contributed by atoms with van der Waals surface area (Å²) in [7, 11) is 1.95. The number of carbonyl (C=O) groups is 1. The molecule has 2 aromatic carbocycles. The molecular formula is C18H21NO. The van der Waals surface area contributed by atoms with Crippen molar-refractivity contribution >= 4 is 11.5 Å². The lowest BCUT2D eigenvalue weighted by molar-refractivity contribution is 0.0999. The van der Waals surface area contributed by atoms with Crippen LogP contribution in [0.15, 0.2) is 42.5 Å². The lowest BCUT2D eigenvalue weighted by Crippen LogP contribution is -2.26. The SMILES string of the molecule is Cc1cc(C)c(C(=O)CN(C)c2ccccc2)c(C)c1. The highest BCUT2D eigenvalue weighted by Crippen LogP contribution is 2.18. The minimum Gasteiger partial charge on any atom is -0.367 e. The summed E-state index contributed by atoms with van der Waals surface area (Å²) in [6, 6.07) is 14.1. The van der Waals surface area contributed by atoms with Gasteiger partial charge in [-0.15, -0.1) is 0 Å². The van der Waals surface area contributed by atoms with Crippen LogP contribution in [0.4, 0.5) is 5.69 Å². The van der Waals surface area contributed by atoms with Crippen LogP contribution in [-0.4, -0.2) is 19.4 Å². The molecular weight excluding hydrogens is 246 g/mol. The van der Waals surface area contributed by atoms with Gasteiger partial charge in [0.15, 0.2) is 5.78 Å². The molecule has 0 aromatic heterocycles. The molecule has 2 rings (SSSR count). The fraction of sp³-hybridized carbons (Fsp3) is 0.278. The average molecular weight is 267 g/mol. The highest BCUT2D eigenvalue weighted by Gasteiger charge is 2.15. The summed E-state index contributed by atoms with van der Waals surface area (Å²) in [6.07, 6.45) is 0. The zero-order valence-electron chi connectivity index (χ0n) is 12.6. The summed E-state index contributed by atoms with van der Waals surface area (Å²) in [5.74, 6) is 0.173. The molecule has 0 saturated carbocycles. The minimum atomic E-state index is 0.173. The van der Waals surface area contributed by atoms with Crippen LogP contribution in [0.2, 0.25) is 0 Å². The number of para-hydroxylation sites is 1. The highest BCUT2D eigenvalue weighted by atomic mass is 16.1. The van der Waals surface area contributed by atoms with Crippen LogP contribution in [0.25, 0.3) is 0 Å². The van der Waals surface area contributed by atoms with Crippen molar-refractivity contribution in [2.24, 2.45) is 0 Å². The molecule has 0 spiro atoms. The van der Waals surface area contributed by atoms with Gasteiger partial charge in [0, 0.05) is 18.3 Å². The second-order valence-corrected chi connectivity index (χ2v) is 5.39.